The average Bonchev–Trinajstić information content (AvgIpc) is 2.83. The molecule has 0 aliphatic carbocycles. The van der Waals surface area contributed by atoms with E-state index in [0.29, 0.717) is 23.8 Å². The summed E-state index contributed by atoms with van der Waals surface area (Å²) in [6.45, 7) is 4.62. The lowest BCUT2D eigenvalue weighted by Crippen LogP contribution is -2.38. The molecule has 1 aliphatic heterocycles. The van der Waals surface area contributed by atoms with Crippen molar-refractivity contribution in [1.29, 1.82) is 0 Å². The summed E-state index contributed by atoms with van der Waals surface area (Å²) in [5.41, 5.74) is 7.42. The maximum absolute atomic E-state index is 6.04. The van der Waals surface area contributed by atoms with Crippen molar-refractivity contribution < 1.29 is 14.3 Å². The molecule has 1 saturated heterocycles. The van der Waals surface area contributed by atoms with E-state index in [0.717, 1.165) is 50.0 Å². The van der Waals surface area contributed by atoms with E-state index in [1.165, 1.54) is 12.5 Å². The first-order valence-electron chi connectivity index (χ1n) is 10.4. The van der Waals surface area contributed by atoms with E-state index in [2.05, 4.69) is 25.3 Å². The maximum atomic E-state index is 6.04. The minimum absolute atomic E-state index is 0.312. The van der Waals surface area contributed by atoms with E-state index in [9.17, 15) is 0 Å². The smallest absolute Gasteiger partial charge is 0.144 e. The zero-order valence-electron chi connectivity index (χ0n) is 17.7. The lowest BCUT2D eigenvalue weighted by atomic mass is 10.2. The molecule has 0 radical (unpaired) electrons. The number of rotatable bonds is 9. The van der Waals surface area contributed by atoms with Crippen LogP contribution in [0.2, 0.25) is 0 Å². The van der Waals surface area contributed by atoms with Gasteiger partial charge in [0, 0.05) is 25.3 Å². The molecule has 2 heterocycles. The van der Waals surface area contributed by atoms with Crippen LogP contribution in [0.3, 0.4) is 0 Å². The highest BCUT2D eigenvalue weighted by Crippen LogP contribution is 2.25. The van der Waals surface area contributed by atoms with Gasteiger partial charge in [-0.25, -0.2) is 9.97 Å². The minimum atomic E-state index is 0.312. The number of nitrogens with zero attached hydrogens (tertiary/aromatic N) is 4. The van der Waals surface area contributed by atoms with Gasteiger partial charge in [-0.1, -0.05) is 23.4 Å². The largest absolute Gasteiger partial charge is 0.457 e. The van der Waals surface area contributed by atoms with Crippen molar-refractivity contribution in [3.05, 3.63) is 66.5 Å². The van der Waals surface area contributed by atoms with Crippen molar-refractivity contribution in [1.82, 2.24) is 14.9 Å². The van der Waals surface area contributed by atoms with Gasteiger partial charge in [0.15, 0.2) is 0 Å². The third-order valence-corrected chi connectivity index (χ3v) is 4.87. The summed E-state index contributed by atoms with van der Waals surface area (Å²) in [4.78, 5) is 16.0. The van der Waals surface area contributed by atoms with Gasteiger partial charge in [0.25, 0.3) is 0 Å². The number of para-hydroxylation sites is 1. The highest BCUT2D eigenvalue weighted by molar-refractivity contribution is 5.92. The number of nitrogens with two attached hydrogens (primary N) is 1. The number of nitrogens with one attached hydrogen (secondary N) is 1. The normalized spacial score (nSPS) is 14.4. The Labute approximate surface area is 186 Å². The Balaban J connectivity index is 1.34. The van der Waals surface area contributed by atoms with Crippen molar-refractivity contribution in [2.24, 2.45) is 5.16 Å². The maximum Gasteiger partial charge on any atom is 0.144 e. The first kappa shape index (κ1) is 21.5. The Kier molecular flexibility index (Phi) is 7.46. The number of ether oxygens (including phenoxy) is 2. The van der Waals surface area contributed by atoms with Crippen molar-refractivity contribution in [2.75, 3.05) is 50.5 Å². The SMILES string of the molecule is Nc1ncnc(Nc2ccc(Oc3ccccc3)cc2)c1/C=N/OCCN1CCOCC1. The molecule has 3 N–H and O–H groups in total. The topological polar surface area (TPSA) is 107 Å². The third-order valence-electron chi connectivity index (χ3n) is 4.87. The molecule has 0 unspecified atom stereocenters. The minimum Gasteiger partial charge on any atom is -0.457 e. The van der Waals surface area contributed by atoms with Crippen LogP contribution in [0.25, 0.3) is 0 Å². The quantitative estimate of drug-likeness (QED) is 0.300. The van der Waals surface area contributed by atoms with E-state index >= 15 is 0 Å². The van der Waals surface area contributed by atoms with Gasteiger partial charge < -0.3 is 25.4 Å². The molecule has 0 bridgehead atoms. The van der Waals surface area contributed by atoms with Crippen molar-refractivity contribution in [3.8, 4) is 11.5 Å². The third kappa shape index (κ3) is 6.16. The highest BCUT2D eigenvalue weighted by atomic mass is 16.6. The van der Waals surface area contributed by atoms with Gasteiger partial charge in [0.1, 0.15) is 36.1 Å². The Morgan fingerprint density at radius 3 is 2.56 bits per heavy atom. The number of aromatic nitrogens is 2. The van der Waals surface area contributed by atoms with Gasteiger partial charge in [-0.05, 0) is 36.4 Å². The fourth-order valence-corrected chi connectivity index (χ4v) is 3.14. The first-order chi connectivity index (χ1) is 15.8. The molecule has 9 nitrogen and oxygen atoms in total. The number of benzene rings is 2. The summed E-state index contributed by atoms with van der Waals surface area (Å²) in [5, 5.41) is 7.29. The van der Waals surface area contributed by atoms with E-state index in [4.69, 9.17) is 20.0 Å². The van der Waals surface area contributed by atoms with Crippen LogP contribution in [0.1, 0.15) is 5.56 Å². The van der Waals surface area contributed by atoms with E-state index in [1.807, 2.05) is 54.6 Å². The van der Waals surface area contributed by atoms with Crippen LogP contribution in [0.5, 0.6) is 11.5 Å². The molecule has 3 aromatic rings. The predicted molar refractivity (Wildman–Crippen MR) is 123 cm³/mol. The van der Waals surface area contributed by atoms with Crippen LogP contribution in [-0.2, 0) is 9.57 Å². The second kappa shape index (κ2) is 11.1. The Morgan fingerprint density at radius 2 is 1.78 bits per heavy atom. The molecule has 0 amide bonds. The molecule has 4 rings (SSSR count). The molecule has 1 fully saturated rings. The van der Waals surface area contributed by atoms with Gasteiger partial charge in [-0.3, -0.25) is 4.90 Å². The van der Waals surface area contributed by atoms with Crippen LogP contribution >= 0.6 is 0 Å². The lowest BCUT2D eigenvalue weighted by Gasteiger charge is -2.25. The van der Waals surface area contributed by atoms with Gasteiger partial charge in [-0.2, -0.15) is 0 Å². The number of morpholine rings is 1. The standard InChI is InChI=1S/C23H26N6O3/c24-22-21(16-27-31-15-12-29-10-13-30-14-11-29)23(26-17-25-22)28-18-6-8-20(9-7-18)32-19-4-2-1-3-5-19/h1-9,16-17H,10-15H2,(H3,24,25,26,28)/b27-16+. The predicted octanol–water partition coefficient (Wildman–Crippen LogP) is 3.28. The van der Waals surface area contributed by atoms with Gasteiger partial charge in [0.2, 0.25) is 0 Å². The summed E-state index contributed by atoms with van der Waals surface area (Å²) in [6.07, 6.45) is 2.94. The number of nitrogen functional groups attached to an aromatic ring is 1. The molecule has 1 aromatic heterocycles. The monoisotopic (exact) mass is 434 g/mol. The summed E-state index contributed by atoms with van der Waals surface area (Å²) in [5.74, 6) is 2.37. The second-order valence-corrected chi connectivity index (χ2v) is 7.11. The number of hydrogen-bond donors (Lipinski definition) is 2. The zero-order valence-corrected chi connectivity index (χ0v) is 17.7. The van der Waals surface area contributed by atoms with Crippen LogP contribution in [-0.4, -0.2) is 60.5 Å². The summed E-state index contributed by atoms with van der Waals surface area (Å²) in [7, 11) is 0. The summed E-state index contributed by atoms with van der Waals surface area (Å²) >= 11 is 0. The molecule has 1 aliphatic rings. The molecule has 0 spiro atoms. The molecule has 166 valence electrons. The molecule has 2 aromatic carbocycles. The summed E-state index contributed by atoms with van der Waals surface area (Å²) in [6, 6.07) is 17.2. The average molecular weight is 435 g/mol. The molecule has 0 saturated carbocycles. The fourth-order valence-electron chi connectivity index (χ4n) is 3.14. The lowest BCUT2D eigenvalue weighted by molar-refractivity contribution is 0.0214. The molecule has 32 heavy (non-hydrogen) atoms. The molecular weight excluding hydrogens is 408 g/mol. The Hall–Kier alpha value is -3.69. The molecule has 9 heteroatoms. The van der Waals surface area contributed by atoms with Crippen LogP contribution in [0.4, 0.5) is 17.3 Å². The highest BCUT2D eigenvalue weighted by Gasteiger charge is 2.10. The van der Waals surface area contributed by atoms with Crippen molar-refractivity contribution in [2.45, 2.75) is 0 Å². The second-order valence-electron chi connectivity index (χ2n) is 7.11. The van der Waals surface area contributed by atoms with Crippen LogP contribution in [0, 0.1) is 0 Å². The Bertz CT molecular complexity index is 1010. The van der Waals surface area contributed by atoms with Crippen LogP contribution < -0.4 is 15.8 Å². The van der Waals surface area contributed by atoms with Crippen molar-refractivity contribution >= 4 is 23.5 Å². The number of anilines is 3. The van der Waals surface area contributed by atoms with Crippen LogP contribution in [0.15, 0.2) is 66.1 Å². The fraction of sp³-hybridized carbons (Fsp3) is 0.261. The molecule has 0 atom stereocenters. The number of hydrogen-bond acceptors (Lipinski definition) is 9. The van der Waals surface area contributed by atoms with Gasteiger partial charge >= 0.3 is 0 Å². The number of oxime groups is 1. The van der Waals surface area contributed by atoms with E-state index < -0.39 is 0 Å². The van der Waals surface area contributed by atoms with E-state index in [1.54, 1.807) is 0 Å². The first-order valence-corrected chi connectivity index (χ1v) is 10.4. The molecular formula is C23H26N6O3. The summed E-state index contributed by atoms with van der Waals surface area (Å²) < 4.78 is 11.2. The van der Waals surface area contributed by atoms with Crippen molar-refractivity contribution in [3.63, 3.8) is 0 Å². The van der Waals surface area contributed by atoms with Gasteiger partial charge in [0.05, 0.1) is 25.0 Å². The van der Waals surface area contributed by atoms with Gasteiger partial charge in [-0.15, -0.1) is 0 Å². The Morgan fingerprint density at radius 1 is 1.03 bits per heavy atom. The zero-order chi connectivity index (χ0) is 22.0. The van der Waals surface area contributed by atoms with E-state index in [-0.39, 0.29) is 0 Å².